The summed E-state index contributed by atoms with van der Waals surface area (Å²) in [5.74, 6) is 0.666. The van der Waals surface area contributed by atoms with Crippen molar-refractivity contribution in [2.24, 2.45) is 23.0 Å². The van der Waals surface area contributed by atoms with Crippen molar-refractivity contribution < 1.29 is 14.9 Å². The number of nitrogens with one attached hydrogen (secondary N) is 3. The van der Waals surface area contributed by atoms with E-state index >= 15 is 0 Å². The molecular weight excluding hydrogens is 394 g/mol. The summed E-state index contributed by atoms with van der Waals surface area (Å²) in [7, 11) is 5.86. The molecule has 3 aliphatic rings. The van der Waals surface area contributed by atoms with Crippen LogP contribution in [-0.2, 0) is 4.74 Å². The van der Waals surface area contributed by atoms with Gasteiger partial charge in [0.1, 0.15) is 6.23 Å². The predicted octanol–water partition coefficient (Wildman–Crippen LogP) is -0.304. The van der Waals surface area contributed by atoms with E-state index in [1.54, 1.807) is 7.11 Å². The van der Waals surface area contributed by atoms with Gasteiger partial charge in [-0.2, -0.15) is 0 Å². The zero-order valence-corrected chi connectivity index (χ0v) is 20.0. The number of nitrogens with zero attached hydrogens (tertiary/aromatic N) is 1. The van der Waals surface area contributed by atoms with Crippen LogP contribution in [0.3, 0.4) is 0 Å². The highest BCUT2D eigenvalue weighted by Crippen LogP contribution is 2.55. The molecule has 0 aromatic rings. The minimum absolute atomic E-state index is 0.0516. The number of nitrogens with two attached hydrogens (primary N) is 1. The van der Waals surface area contributed by atoms with Gasteiger partial charge in [-0.1, -0.05) is 13.3 Å². The van der Waals surface area contributed by atoms with Crippen LogP contribution in [0.15, 0.2) is 0 Å². The molecule has 0 aromatic carbocycles. The van der Waals surface area contributed by atoms with E-state index in [0.29, 0.717) is 12.0 Å². The highest BCUT2D eigenvalue weighted by molar-refractivity contribution is 5.21. The van der Waals surface area contributed by atoms with Gasteiger partial charge in [0, 0.05) is 56.2 Å². The molecule has 5 unspecified atom stereocenters. The Labute approximate surface area is 188 Å². The first-order valence-corrected chi connectivity index (χ1v) is 12.3. The topological polar surface area (TPSA) is 115 Å². The molecule has 8 heteroatoms. The highest BCUT2D eigenvalue weighted by Gasteiger charge is 2.67. The van der Waals surface area contributed by atoms with E-state index in [1.165, 1.54) is 0 Å². The Kier molecular flexibility index (Phi) is 9.15. The van der Waals surface area contributed by atoms with Gasteiger partial charge in [-0.25, -0.2) is 0 Å². The predicted molar refractivity (Wildman–Crippen MR) is 124 cm³/mol. The number of likely N-dealkylation sites (N-methyl/N-ethyl adjacent to an activating group) is 1. The summed E-state index contributed by atoms with van der Waals surface area (Å²) >= 11 is 0. The first-order chi connectivity index (χ1) is 14.9. The minimum atomic E-state index is -0.544. The van der Waals surface area contributed by atoms with Crippen molar-refractivity contribution in [3.63, 3.8) is 0 Å². The number of methoxy groups -OCH3 is 1. The Hall–Kier alpha value is -0.320. The lowest BCUT2D eigenvalue weighted by molar-refractivity contribution is 0.0164. The van der Waals surface area contributed by atoms with Gasteiger partial charge in [0.05, 0.1) is 12.2 Å². The summed E-state index contributed by atoms with van der Waals surface area (Å²) in [5.41, 5.74) is 6.16. The van der Waals surface area contributed by atoms with E-state index in [1.807, 2.05) is 7.05 Å². The molecule has 1 aliphatic heterocycles. The van der Waals surface area contributed by atoms with Gasteiger partial charge in [0.25, 0.3) is 0 Å². The number of ether oxygens (including phenoxy) is 1. The van der Waals surface area contributed by atoms with E-state index in [9.17, 15) is 10.2 Å². The molecule has 2 saturated carbocycles. The lowest BCUT2D eigenvalue weighted by atomic mass is 9.84. The summed E-state index contributed by atoms with van der Waals surface area (Å²) < 4.78 is 5.51. The van der Waals surface area contributed by atoms with E-state index < -0.39 is 6.23 Å². The smallest absolute Gasteiger partial charge is 0.109 e. The molecule has 9 atom stereocenters. The molecule has 0 aromatic heterocycles. The van der Waals surface area contributed by atoms with Gasteiger partial charge in [-0.15, -0.1) is 0 Å². The summed E-state index contributed by atoms with van der Waals surface area (Å²) in [4.78, 5) is 2.37. The van der Waals surface area contributed by atoms with Gasteiger partial charge >= 0.3 is 0 Å². The normalized spacial score (nSPS) is 40.3. The van der Waals surface area contributed by atoms with E-state index in [2.05, 4.69) is 34.8 Å². The average molecular weight is 442 g/mol. The van der Waals surface area contributed by atoms with Crippen LogP contribution in [-0.4, -0.2) is 99.1 Å². The minimum Gasteiger partial charge on any atom is -0.391 e. The van der Waals surface area contributed by atoms with Crippen molar-refractivity contribution in [2.45, 2.75) is 82.0 Å². The Morgan fingerprint density at radius 1 is 1.35 bits per heavy atom. The lowest BCUT2D eigenvalue weighted by Crippen LogP contribution is -2.52. The summed E-state index contributed by atoms with van der Waals surface area (Å²) in [5, 5.41) is 31.9. The molecule has 7 N–H and O–H groups in total. The Morgan fingerprint density at radius 3 is 2.77 bits per heavy atom. The average Bonchev–Trinajstić information content (AvgIpc) is 3.33. The van der Waals surface area contributed by atoms with Crippen LogP contribution < -0.4 is 21.7 Å². The maximum atomic E-state index is 11.0. The fraction of sp³-hybridized carbons (Fsp3) is 1.00. The molecule has 182 valence electrons. The van der Waals surface area contributed by atoms with Gasteiger partial charge < -0.3 is 31.3 Å². The number of rotatable bonds is 11. The van der Waals surface area contributed by atoms with Crippen molar-refractivity contribution in [1.82, 2.24) is 20.9 Å². The first kappa shape index (κ1) is 25.3. The maximum Gasteiger partial charge on any atom is 0.109 e. The van der Waals surface area contributed by atoms with Crippen LogP contribution in [0.5, 0.6) is 0 Å². The van der Waals surface area contributed by atoms with Crippen molar-refractivity contribution in [3.8, 4) is 0 Å². The largest absolute Gasteiger partial charge is 0.391 e. The fourth-order valence-corrected chi connectivity index (χ4v) is 6.17. The van der Waals surface area contributed by atoms with Gasteiger partial charge in [0.15, 0.2) is 0 Å². The molecule has 8 nitrogen and oxygen atoms in total. The molecule has 0 bridgehead atoms. The van der Waals surface area contributed by atoms with Crippen molar-refractivity contribution in [2.75, 3.05) is 47.4 Å². The third-order valence-corrected chi connectivity index (χ3v) is 8.44. The molecule has 3 rings (SSSR count). The molecule has 0 radical (unpaired) electrons. The van der Waals surface area contributed by atoms with Crippen LogP contribution in [0.25, 0.3) is 0 Å². The highest BCUT2D eigenvalue weighted by atomic mass is 16.5. The van der Waals surface area contributed by atoms with Gasteiger partial charge in [-0.3, -0.25) is 10.2 Å². The quantitative estimate of drug-likeness (QED) is 0.242. The summed E-state index contributed by atoms with van der Waals surface area (Å²) in [6, 6.07) is 0.558. The second-order valence-electron chi connectivity index (χ2n) is 10.3. The summed E-state index contributed by atoms with van der Waals surface area (Å²) in [6.07, 6.45) is 5.23. The number of piperidine rings is 1. The van der Waals surface area contributed by atoms with Crippen molar-refractivity contribution >= 4 is 0 Å². The fourth-order valence-electron chi connectivity index (χ4n) is 6.17. The maximum absolute atomic E-state index is 11.0. The molecular formula is C23H47N5O3. The second-order valence-corrected chi connectivity index (χ2v) is 10.3. The van der Waals surface area contributed by atoms with Crippen LogP contribution >= 0.6 is 0 Å². The van der Waals surface area contributed by atoms with Gasteiger partial charge in [0.2, 0.25) is 0 Å². The number of hydrogen-bond acceptors (Lipinski definition) is 8. The summed E-state index contributed by atoms with van der Waals surface area (Å²) in [6.45, 7) is 5.64. The van der Waals surface area contributed by atoms with Crippen LogP contribution in [0.2, 0.25) is 0 Å². The van der Waals surface area contributed by atoms with Crippen LogP contribution in [0.1, 0.15) is 45.4 Å². The molecule has 3 fully saturated rings. The van der Waals surface area contributed by atoms with E-state index in [0.717, 1.165) is 64.7 Å². The van der Waals surface area contributed by atoms with Crippen LogP contribution in [0, 0.1) is 17.3 Å². The number of aliphatic hydroxyl groups is 2. The zero-order valence-electron chi connectivity index (χ0n) is 20.0. The first-order valence-electron chi connectivity index (χ1n) is 12.3. The lowest BCUT2D eigenvalue weighted by Gasteiger charge is -2.40. The monoisotopic (exact) mass is 441 g/mol. The molecule has 2 aliphatic carbocycles. The van der Waals surface area contributed by atoms with Crippen LogP contribution in [0.4, 0.5) is 0 Å². The third-order valence-electron chi connectivity index (χ3n) is 8.44. The Bertz CT molecular complexity index is 555. The number of hydrogen-bond donors (Lipinski definition) is 6. The van der Waals surface area contributed by atoms with Crippen molar-refractivity contribution in [1.29, 1.82) is 0 Å². The Balaban J connectivity index is 1.53. The standard InChI is InChI=1S/C23H47N5O3/c1-5-15(8-9-25-2)12-27-22(30)16-11-23(14-26-13-16)20(21(23)29)28(3)17-6-7-19(31-4)18(24)10-17/h15-22,25-27,29-30H,5-14,24H2,1-4H3/t15?,16-,17?,18+,19-,20?,21?,22?,23-/m0/s1. The van der Waals surface area contributed by atoms with Gasteiger partial charge in [-0.05, 0) is 58.7 Å². The number of aliphatic hydroxyl groups excluding tert-OH is 2. The van der Waals surface area contributed by atoms with Crippen molar-refractivity contribution in [3.05, 3.63) is 0 Å². The molecule has 31 heavy (non-hydrogen) atoms. The van der Waals surface area contributed by atoms with E-state index in [-0.39, 0.29) is 35.6 Å². The molecule has 1 heterocycles. The second kappa shape index (κ2) is 11.2. The molecule has 1 spiro atoms. The zero-order chi connectivity index (χ0) is 22.6. The SMILES string of the molecule is CCC(CCNC)CNC(O)[C@@H]1CNC[C@]2(C1)C(O)C2N(C)C1CC[C@H](OC)[C@H](N)C1. The molecule has 0 amide bonds. The third kappa shape index (κ3) is 5.61. The Morgan fingerprint density at radius 2 is 2.13 bits per heavy atom. The molecule has 1 saturated heterocycles. The van der Waals surface area contributed by atoms with E-state index in [4.69, 9.17) is 10.5 Å².